The number of esters is 1. The summed E-state index contributed by atoms with van der Waals surface area (Å²) in [7, 11) is 3.03. The number of hydrogen-bond donors (Lipinski definition) is 1. The largest absolute Gasteiger partial charge is 0.493 e. The summed E-state index contributed by atoms with van der Waals surface area (Å²) in [6.07, 6.45) is 1.50. The number of ether oxygens (including phenoxy) is 3. The van der Waals surface area contributed by atoms with Crippen LogP contribution in [0.1, 0.15) is 26.3 Å². The number of benzene rings is 4. The number of nitrogens with one attached hydrogen (secondary N) is 1. The molecule has 7 heteroatoms. The molecule has 1 amide bonds. The van der Waals surface area contributed by atoms with Crippen LogP contribution in [-0.2, 0) is 0 Å². The Bertz CT molecular complexity index is 1360. The fourth-order valence-corrected chi connectivity index (χ4v) is 3.39. The molecule has 0 saturated carbocycles. The van der Waals surface area contributed by atoms with Crippen LogP contribution in [0.5, 0.6) is 17.2 Å². The fourth-order valence-electron chi connectivity index (χ4n) is 3.39. The number of rotatable bonds is 7. The highest BCUT2D eigenvalue weighted by molar-refractivity contribution is 6.05. The van der Waals surface area contributed by atoms with Gasteiger partial charge in [0.2, 0.25) is 0 Å². The monoisotopic (exact) mass is 454 g/mol. The highest BCUT2D eigenvalue weighted by atomic mass is 16.5. The minimum atomic E-state index is -0.430. The van der Waals surface area contributed by atoms with E-state index in [-0.39, 0.29) is 0 Å². The van der Waals surface area contributed by atoms with Crippen LogP contribution in [-0.4, -0.2) is 32.3 Å². The highest BCUT2D eigenvalue weighted by Crippen LogP contribution is 2.27. The van der Waals surface area contributed by atoms with Crippen molar-refractivity contribution in [2.75, 3.05) is 14.2 Å². The summed E-state index contributed by atoms with van der Waals surface area (Å²) >= 11 is 0. The second-order valence-electron chi connectivity index (χ2n) is 7.25. The predicted molar refractivity (Wildman–Crippen MR) is 130 cm³/mol. The molecule has 4 rings (SSSR count). The van der Waals surface area contributed by atoms with Crippen LogP contribution in [0.25, 0.3) is 10.8 Å². The summed E-state index contributed by atoms with van der Waals surface area (Å²) < 4.78 is 15.9. The maximum absolute atomic E-state index is 12.7. The molecular formula is C27H22N2O5. The van der Waals surface area contributed by atoms with Gasteiger partial charge in [-0.1, -0.05) is 36.4 Å². The third-order valence-electron chi connectivity index (χ3n) is 5.13. The zero-order valence-corrected chi connectivity index (χ0v) is 18.6. The van der Waals surface area contributed by atoms with Crippen LogP contribution in [0.4, 0.5) is 0 Å². The Hall–Kier alpha value is -4.65. The van der Waals surface area contributed by atoms with Crippen molar-refractivity contribution in [1.29, 1.82) is 0 Å². The van der Waals surface area contributed by atoms with Crippen LogP contribution in [0, 0.1) is 0 Å². The first kappa shape index (κ1) is 22.5. The average molecular weight is 454 g/mol. The molecule has 0 radical (unpaired) electrons. The zero-order valence-electron chi connectivity index (χ0n) is 18.6. The summed E-state index contributed by atoms with van der Waals surface area (Å²) in [4.78, 5) is 25.0. The highest BCUT2D eigenvalue weighted by Gasteiger charge is 2.12. The van der Waals surface area contributed by atoms with Crippen molar-refractivity contribution in [2.45, 2.75) is 0 Å². The molecule has 0 unspecified atom stereocenters. The number of nitrogens with zero attached hydrogens (tertiary/aromatic N) is 1. The van der Waals surface area contributed by atoms with Crippen LogP contribution < -0.4 is 19.6 Å². The van der Waals surface area contributed by atoms with Gasteiger partial charge in [0, 0.05) is 5.56 Å². The number of methoxy groups -OCH3 is 2. The minimum absolute atomic E-state index is 0.380. The molecular weight excluding hydrogens is 432 g/mol. The normalized spacial score (nSPS) is 10.8. The Morgan fingerprint density at radius 2 is 1.56 bits per heavy atom. The summed E-state index contributed by atoms with van der Waals surface area (Å²) in [6, 6.07) is 24.8. The van der Waals surface area contributed by atoms with E-state index in [0.29, 0.717) is 28.4 Å². The smallest absolute Gasteiger partial charge is 0.344 e. The SMILES string of the molecule is COc1ccc(C(=O)N/N=C\c2ccc(OC(=O)c3cccc4ccccc34)cc2)cc1OC. The number of carbonyl (C=O) groups excluding carboxylic acids is 2. The van der Waals surface area contributed by atoms with Crippen molar-refractivity contribution >= 4 is 28.9 Å². The van der Waals surface area contributed by atoms with E-state index in [9.17, 15) is 9.59 Å². The van der Waals surface area contributed by atoms with Gasteiger partial charge in [-0.25, -0.2) is 10.2 Å². The molecule has 4 aromatic carbocycles. The van der Waals surface area contributed by atoms with Crippen molar-refractivity contribution in [2.24, 2.45) is 5.10 Å². The van der Waals surface area contributed by atoms with Crippen molar-refractivity contribution < 1.29 is 23.8 Å². The Morgan fingerprint density at radius 3 is 2.32 bits per heavy atom. The molecule has 0 heterocycles. The molecule has 4 aromatic rings. The molecule has 0 aliphatic carbocycles. The van der Waals surface area contributed by atoms with Crippen molar-refractivity contribution in [1.82, 2.24) is 5.43 Å². The van der Waals surface area contributed by atoms with Gasteiger partial charge in [-0.05, 0) is 64.9 Å². The van der Waals surface area contributed by atoms with Crippen LogP contribution in [0.3, 0.4) is 0 Å². The number of hydrogen-bond acceptors (Lipinski definition) is 6. The van der Waals surface area contributed by atoms with Gasteiger partial charge < -0.3 is 14.2 Å². The molecule has 34 heavy (non-hydrogen) atoms. The van der Waals surface area contributed by atoms with Gasteiger partial charge in [0.05, 0.1) is 26.0 Å². The molecule has 1 N–H and O–H groups in total. The quantitative estimate of drug-likeness (QED) is 0.187. The van der Waals surface area contributed by atoms with Gasteiger partial charge in [0.1, 0.15) is 5.75 Å². The second kappa shape index (κ2) is 10.3. The van der Waals surface area contributed by atoms with Gasteiger partial charge in [0.15, 0.2) is 11.5 Å². The standard InChI is InChI=1S/C27H22N2O5/c1-32-24-15-12-20(16-25(24)33-2)26(30)29-28-17-18-10-13-21(14-11-18)34-27(31)23-9-5-7-19-6-3-4-8-22(19)23/h3-17H,1-2H3,(H,29,30)/b28-17-. The molecule has 0 bridgehead atoms. The molecule has 0 fully saturated rings. The number of hydrazone groups is 1. The van der Waals surface area contributed by atoms with E-state index >= 15 is 0 Å². The maximum Gasteiger partial charge on any atom is 0.344 e. The van der Waals surface area contributed by atoms with Crippen LogP contribution >= 0.6 is 0 Å². The molecule has 0 saturated heterocycles. The van der Waals surface area contributed by atoms with E-state index in [1.807, 2.05) is 36.4 Å². The molecule has 170 valence electrons. The Morgan fingerprint density at radius 1 is 0.824 bits per heavy atom. The molecule has 0 aliphatic rings. The van der Waals surface area contributed by atoms with Gasteiger partial charge in [0.25, 0.3) is 5.91 Å². The van der Waals surface area contributed by atoms with E-state index in [1.165, 1.54) is 20.4 Å². The average Bonchev–Trinajstić information content (AvgIpc) is 2.88. The van der Waals surface area contributed by atoms with Crippen molar-refractivity contribution in [3.63, 3.8) is 0 Å². The van der Waals surface area contributed by atoms with Gasteiger partial charge in [-0.3, -0.25) is 4.79 Å². The lowest BCUT2D eigenvalue weighted by atomic mass is 10.0. The summed E-state index contributed by atoms with van der Waals surface area (Å²) in [5, 5.41) is 5.79. The first-order valence-corrected chi connectivity index (χ1v) is 10.4. The van der Waals surface area contributed by atoms with Crippen molar-refractivity contribution in [3.05, 3.63) is 102 Å². The second-order valence-corrected chi connectivity index (χ2v) is 7.25. The van der Waals surface area contributed by atoms with Crippen LogP contribution in [0.2, 0.25) is 0 Å². The number of amides is 1. The topological polar surface area (TPSA) is 86.2 Å². The van der Waals surface area contributed by atoms with E-state index in [0.717, 1.165) is 16.3 Å². The fraction of sp³-hybridized carbons (Fsp3) is 0.0741. The Kier molecular flexibility index (Phi) is 6.84. The molecule has 7 nitrogen and oxygen atoms in total. The van der Waals surface area contributed by atoms with Gasteiger partial charge in [-0.15, -0.1) is 0 Å². The van der Waals surface area contributed by atoms with Crippen molar-refractivity contribution in [3.8, 4) is 17.2 Å². The van der Waals surface area contributed by atoms with Gasteiger partial charge >= 0.3 is 5.97 Å². The predicted octanol–water partition coefficient (Wildman–Crippen LogP) is 4.84. The lowest BCUT2D eigenvalue weighted by Crippen LogP contribution is -2.17. The third kappa shape index (κ3) is 5.05. The van der Waals surface area contributed by atoms with Crippen LogP contribution in [0.15, 0.2) is 90.0 Å². The van der Waals surface area contributed by atoms with Gasteiger partial charge in [-0.2, -0.15) is 5.10 Å². The Labute approximate surface area is 196 Å². The summed E-state index contributed by atoms with van der Waals surface area (Å²) in [6.45, 7) is 0. The third-order valence-corrected chi connectivity index (χ3v) is 5.13. The number of carbonyl (C=O) groups is 2. The summed E-state index contributed by atoms with van der Waals surface area (Å²) in [5.74, 6) is 0.569. The molecule has 0 aromatic heterocycles. The first-order chi connectivity index (χ1) is 16.6. The minimum Gasteiger partial charge on any atom is -0.493 e. The Balaban J connectivity index is 1.38. The lowest BCUT2D eigenvalue weighted by Gasteiger charge is -2.08. The van der Waals surface area contributed by atoms with E-state index in [2.05, 4.69) is 10.5 Å². The first-order valence-electron chi connectivity index (χ1n) is 10.4. The molecule has 0 atom stereocenters. The van der Waals surface area contributed by atoms with E-state index < -0.39 is 11.9 Å². The summed E-state index contributed by atoms with van der Waals surface area (Å²) in [5.41, 5.74) is 4.07. The maximum atomic E-state index is 12.7. The number of fused-ring (bicyclic) bond motifs is 1. The molecule has 0 aliphatic heterocycles. The van der Waals surface area contributed by atoms with E-state index in [1.54, 1.807) is 48.5 Å². The lowest BCUT2D eigenvalue weighted by molar-refractivity contribution is 0.0736. The zero-order chi connectivity index (χ0) is 23.9. The van der Waals surface area contributed by atoms with E-state index in [4.69, 9.17) is 14.2 Å². The molecule has 0 spiro atoms.